The highest BCUT2D eigenvalue weighted by Gasteiger charge is 2.47. The van der Waals surface area contributed by atoms with Gasteiger partial charge in [-0.15, -0.1) is 0 Å². The van der Waals surface area contributed by atoms with Gasteiger partial charge in [0.15, 0.2) is 0 Å². The highest BCUT2D eigenvalue weighted by molar-refractivity contribution is 5.77. The van der Waals surface area contributed by atoms with Gasteiger partial charge in [-0.3, -0.25) is 4.79 Å². The summed E-state index contributed by atoms with van der Waals surface area (Å²) in [5, 5.41) is 9.03. The largest absolute Gasteiger partial charge is 0.513 e. The van der Waals surface area contributed by atoms with Gasteiger partial charge >= 0.3 is 5.97 Å². The summed E-state index contributed by atoms with van der Waals surface area (Å²) in [4.78, 5) is 12.4. The molecule has 0 aliphatic heterocycles. The third-order valence-corrected chi connectivity index (χ3v) is 3.61. The smallest absolute Gasteiger partial charge is 0.312 e. The number of hydrogen-bond acceptors (Lipinski definition) is 3. The Bertz CT molecular complexity index is 331. The summed E-state index contributed by atoms with van der Waals surface area (Å²) in [5.74, 6) is -0.155. The summed E-state index contributed by atoms with van der Waals surface area (Å²) in [6.07, 6.45) is 1.05. The summed E-state index contributed by atoms with van der Waals surface area (Å²) >= 11 is 0. The topological polar surface area (TPSA) is 46.5 Å². The molecule has 0 saturated heterocycles. The number of aliphatic hydroxyl groups excluding tert-OH is 1. The SMILES string of the molecule is C=C(O)CCOC(=O)C(C)(CC(C)(C)C)C(C)(C)C. The van der Waals surface area contributed by atoms with Crippen LogP contribution in [0.1, 0.15) is 61.3 Å². The van der Waals surface area contributed by atoms with Crippen LogP contribution in [0.15, 0.2) is 12.3 Å². The van der Waals surface area contributed by atoms with E-state index in [9.17, 15) is 4.79 Å². The van der Waals surface area contributed by atoms with Crippen LogP contribution in [-0.4, -0.2) is 17.7 Å². The molecule has 1 atom stereocenters. The lowest BCUT2D eigenvalue weighted by atomic mass is 9.61. The van der Waals surface area contributed by atoms with Crippen molar-refractivity contribution >= 4 is 5.97 Å². The minimum atomic E-state index is -0.554. The maximum atomic E-state index is 12.4. The summed E-state index contributed by atoms with van der Waals surface area (Å²) in [6.45, 7) is 18.1. The number of carbonyl (C=O) groups is 1. The van der Waals surface area contributed by atoms with E-state index in [0.29, 0.717) is 6.42 Å². The van der Waals surface area contributed by atoms with Gasteiger partial charge in [-0.25, -0.2) is 0 Å². The van der Waals surface area contributed by atoms with E-state index in [1.807, 2.05) is 6.92 Å². The Morgan fingerprint density at radius 1 is 1.11 bits per heavy atom. The number of aliphatic hydroxyl groups is 1. The molecule has 0 saturated carbocycles. The van der Waals surface area contributed by atoms with E-state index in [-0.39, 0.29) is 29.2 Å². The van der Waals surface area contributed by atoms with Crippen LogP contribution in [0.4, 0.5) is 0 Å². The Hall–Kier alpha value is -0.990. The zero-order valence-electron chi connectivity index (χ0n) is 13.6. The zero-order valence-corrected chi connectivity index (χ0v) is 13.6. The van der Waals surface area contributed by atoms with Crippen LogP contribution >= 0.6 is 0 Å². The Morgan fingerprint density at radius 2 is 1.58 bits per heavy atom. The van der Waals surface area contributed by atoms with Crippen molar-refractivity contribution in [3.05, 3.63) is 12.3 Å². The van der Waals surface area contributed by atoms with Crippen LogP contribution in [0.2, 0.25) is 0 Å². The Kier molecular flexibility index (Phi) is 5.66. The Balaban J connectivity index is 4.95. The quantitative estimate of drug-likeness (QED) is 0.592. The molecule has 0 heterocycles. The van der Waals surface area contributed by atoms with Gasteiger partial charge in [-0.05, 0) is 24.2 Å². The Morgan fingerprint density at radius 3 is 1.89 bits per heavy atom. The maximum absolute atomic E-state index is 12.4. The van der Waals surface area contributed by atoms with Gasteiger partial charge in [-0.1, -0.05) is 48.1 Å². The minimum absolute atomic E-state index is 0.0427. The molecule has 0 fully saturated rings. The van der Waals surface area contributed by atoms with Crippen molar-refractivity contribution in [2.75, 3.05) is 6.61 Å². The first kappa shape index (κ1) is 18.0. The first-order valence-corrected chi connectivity index (χ1v) is 6.83. The Labute approximate surface area is 118 Å². The monoisotopic (exact) mass is 270 g/mol. The molecule has 1 unspecified atom stereocenters. The molecule has 0 aromatic carbocycles. The minimum Gasteiger partial charge on any atom is -0.513 e. The fraction of sp³-hybridized carbons (Fsp3) is 0.812. The standard InChI is InChI=1S/C16H30O3/c1-12(17)9-10-19-13(18)16(8,15(5,6)7)11-14(2,3)4/h17H,1,9-11H2,2-8H3. The van der Waals surface area contributed by atoms with Gasteiger partial charge in [0, 0.05) is 6.42 Å². The lowest BCUT2D eigenvalue weighted by molar-refractivity contribution is -0.164. The molecule has 0 aromatic rings. The van der Waals surface area contributed by atoms with Crippen molar-refractivity contribution < 1.29 is 14.6 Å². The third-order valence-electron chi connectivity index (χ3n) is 3.61. The average Bonchev–Trinajstić information content (AvgIpc) is 2.12. The molecule has 0 spiro atoms. The van der Waals surface area contributed by atoms with Crippen molar-refractivity contribution in [2.24, 2.45) is 16.2 Å². The molecule has 1 N–H and O–H groups in total. The van der Waals surface area contributed by atoms with Crippen LogP contribution < -0.4 is 0 Å². The molecule has 0 aliphatic rings. The van der Waals surface area contributed by atoms with Gasteiger partial charge in [0.05, 0.1) is 17.8 Å². The normalized spacial score (nSPS) is 15.7. The molecule has 19 heavy (non-hydrogen) atoms. The summed E-state index contributed by atoms with van der Waals surface area (Å²) < 4.78 is 5.33. The fourth-order valence-corrected chi connectivity index (χ4v) is 2.13. The van der Waals surface area contributed by atoms with Crippen LogP contribution in [0.5, 0.6) is 0 Å². The number of carbonyl (C=O) groups excluding carboxylic acids is 1. The lowest BCUT2D eigenvalue weighted by Crippen LogP contribution is -2.44. The summed E-state index contributed by atoms with van der Waals surface area (Å²) in [6, 6.07) is 0. The van der Waals surface area contributed by atoms with E-state index >= 15 is 0 Å². The van der Waals surface area contributed by atoms with Gasteiger partial charge in [0.1, 0.15) is 0 Å². The summed E-state index contributed by atoms with van der Waals surface area (Å²) in [5.41, 5.74) is -0.697. The molecule has 3 heteroatoms. The van der Waals surface area contributed by atoms with Gasteiger partial charge in [0.25, 0.3) is 0 Å². The number of ether oxygens (including phenoxy) is 1. The molecule has 0 radical (unpaired) electrons. The van der Waals surface area contributed by atoms with E-state index in [0.717, 1.165) is 6.42 Å². The predicted molar refractivity (Wildman–Crippen MR) is 79.0 cm³/mol. The number of esters is 1. The first-order valence-electron chi connectivity index (χ1n) is 6.83. The zero-order chi connectivity index (χ0) is 15.5. The third kappa shape index (κ3) is 5.66. The maximum Gasteiger partial charge on any atom is 0.312 e. The molecule has 0 aliphatic carbocycles. The molecule has 112 valence electrons. The van der Waals surface area contributed by atoms with E-state index < -0.39 is 5.41 Å². The second kappa shape index (κ2) is 5.98. The average molecular weight is 270 g/mol. The lowest BCUT2D eigenvalue weighted by Gasteiger charge is -2.43. The summed E-state index contributed by atoms with van der Waals surface area (Å²) in [7, 11) is 0. The van der Waals surface area contributed by atoms with Gasteiger partial charge in [0.2, 0.25) is 0 Å². The molecule has 3 nitrogen and oxygen atoms in total. The van der Waals surface area contributed by atoms with Gasteiger partial charge in [-0.2, -0.15) is 0 Å². The van der Waals surface area contributed by atoms with Crippen LogP contribution in [0, 0.1) is 16.2 Å². The van der Waals surface area contributed by atoms with Crippen molar-refractivity contribution in [1.29, 1.82) is 0 Å². The molecular weight excluding hydrogens is 240 g/mol. The second-order valence-corrected chi connectivity index (χ2v) is 7.77. The predicted octanol–water partition coefficient (Wildman–Crippen LogP) is 4.48. The highest BCUT2D eigenvalue weighted by atomic mass is 16.5. The van der Waals surface area contributed by atoms with E-state index in [1.165, 1.54) is 0 Å². The van der Waals surface area contributed by atoms with E-state index in [1.54, 1.807) is 0 Å². The molecule has 0 aromatic heterocycles. The number of rotatable bonds is 5. The molecule has 0 rings (SSSR count). The first-order chi connectivity index (χ1) is 8.29. The van der Waals surface area contributed by atoms with Crippen molar-refractivity contribution in [3.63, 3.8) is 0 Å². The second-order valence-electron chi connectivity index (χ2n) is 7.77. The molecular formula is C16H30O3. The van der Waals surface area contributed by atoms with E-state index in [4.69, 9.17) is 9.84 Å². The molecule has 0 amide bonds. The highest BCUT2D eigenvalue weighted by Crippen LogP contribution is 2.47. The van der Waals surface area contributed by atoms with Crippen LogP contribution in [0.3, 0.4) is 0 Å². The van der Waals surface area contributed by atoms with Crippen LogP contribution in [0.25, 0.3) is 0 Å². The van der Waals surface area contributed by atoms with Crippen molar-refractivity contribution in [1.82, 2.24) is 0 Å². The number of hydrogen-bond donors (Lipinski definition) is 1. The van der Waals surface area contributed by atoms with Crippen molar-refractivity contribution in [3.8, 4) is 0 Å². The van der Waals surface area contributed by atoms with Crippen molar-refractivity contribution in [2.45, 2.75) is 61.3 Å². The van der Waals surface area contributed by atoms with Gasteiger partial charge < -0.3 is 9.84 Å². The fourth-order valence-electron chi connectivity index (χ4n) is 2.13. The van der Waals surface area contributed by atoms with Crippen LogP contribution in [-0.2, 0) is 9.53 Å². The molecule has 0 bridgehead atoms. The van der Waals surface area contributed by atoms with E-state index in [2.05, 4.69) is 48.1 Å².